The molecule has 2 aromatic carbocycles. The van der Waals surface area contributed by atoms with E-state index in [0.717, 1.165) is 11.3 Å². The SMILES string of the molecule is CCOc1ccc(-n2ccnc(NC(=O)Nc3cccc(C)c3)c2=O)cc1. The summed E-state index contributed by atoms with van der Waals surface area (Å²) in [4.78, 5) is 28.8. The molecule has 1 heterocycles. The van der Waals surface area contributed by atoms with Crippen LogP contribution in [0.15, 0.2) is 65.7 Å². The zero-order valence-electron chi connectivity index (χ0n) is 15.1. The lowest BCUT2D eigenvalue weighted by atomic mass is 10.2. The molecule has 0 radical (unpaired) electrons. The van der Waals surface area contributed by atoms with E-state index in [1.54, 1.807) is 36.5 Å². The highest BCUT2D eigenvalue weighted by Gasteiger charge is 2.10. The lowest BCUT2D eigenvalue weighted by Crippen LogP contribution is -2.28. The predicted octanol–water partition coefficient (Wildman–Crippen LogP) is 3.58. The van der Waals surface area contributed by atoms with Crippen LogP contribution < -0.4 is 20.9 Å². The van der Waals surface area contributed by atoms with Crippen LogP contribution in [0, 0.1) is 6.92 Å². The number of amides is 2. The average Bonchev–Trinajstić information content (AvgIpc) is 2.64. The van der Waals surface area contributed by atoms with Crippen LogP contribution in [-0.2, 0) is 0 Å². The van der Waals surface area contributed by atoms with E-state index in [9.17, 15) is 9.59 Å². The van der Waals surface area contributed by atoms with Crippen molar-refractivity contribution in [3.8, 4) is 11.4 Å². The summed E-state index contributed by atoms with van der Waals surface area (Å²) >= 11 is 0. The zero-order valence-corrected chi connectivity index (χ0v) is 15.1. The minimum atomic E-state index is -0.533. The molecule has 138 valence electrons. The van der Waals surface area contributed by atoms with Crippen LogP contribution in [0.4, 0.5) is 16.3 Å². The number of hydrogen-bond donors (Lipinski definition) is 2. The number of aryl methyl sites for hydroxylation is 1. The predicted molar refractivity (Wildman–Crippen MR) is 105 cm³/mol. The van der Waals surface area contributed by atoms with Gasteiger partial charge in [0.15, 0.2) is 0 Å². The topological polar surface area (TPSA) is 85.2 Å². The number of anilines is 2. The Morgan fingerprint density at radius 3 is 2.63 bits per heavy atom. The van der Waals surface area contributed by atoms with Gasteiger partial charge in [-0.05, 0) is 55.8 Å². The van der Waals surface area contributed by atoms with Crippen LogP contribution in [0.5, 0.6) is 5.75 Å². The Labute approximate surface area is 156 Å². The van der Waals surface area contributed by atoms with E-state index >= 15 is 0 Å². The van der Waals surface area contributed by atoms with Gasteiger partial charge in [0, 0.05) is 23.8 Å². The van der Waals surface area contributed by atoms with E-state index in [-0.39, 0.29) is 5.82 Å². The van der Waals surface area contributed by atoms with Crippen LogP contribution in [0.2, 0.25) is 0 Å². The van der Waals surface area contributed by atoms with Crippen molar-refractivity contribution in [1.82, 2.24) is 9.55 Å². The van der Waals surface area contributed by atoms with Gasteiger partial charge in [-0.3, -0.25) is 14.7 Å². The Morgan fingerprint density at radius 1 is 1.15 bits per heavy atom. The summed E-state index contributed by atoms with van der Waals surface area (Å²) in [5.41, 5.74) is 1.87. The van der Waals surface area contributed by atoms with Gasteiger partial charge >= 0.3 is 6.03 Å². The van der Waals surface area contributed by atoms with Gasteiger partial charge in [-0.15, -0.1) is 0 Å². The smallest absolute Gasteiger partial charge is 0.325 e. The molecule has 0 fully saturated rings. The highest BCUT2D eigenvalue weighted by molar-refractivity contribution is 5.99. The Morgan fingerprint density at radius 2 is 1.93 bits per heavy atom. The highest BCUT2D eigenvalue weighted by atomic mass is 16.5. The number of nitrogens with zero attached hydrogens (tertiary/aromatic N) is 2. The molecule has 0 aliphatic heterocycles. The van der Waals surface area contributed by atoms with Gasteiger partial charge in [0.2, 0.25) is 5.82 Å². The van der Waals surface area contributed by atoms with E-state index in [0.29, 0.717) is 18.0 Å². The quantitative estimate of drug-likeness (QED) is 0.725. The Balaban J connectivity index is 1.78. The summed E-state index contributed by atoms with van der Waals surface area (Å²) < 4.78 is 6.81. The second kappa shape index (κ2) is 8.18. The molecule has 0 aliphatic rings. The van der Waals surface area contributed by atoms with E-state index in [4.69, 9.17) is 4.74 Å². The fourth-order valence-electron chi connectivity index (χ4n) is 2.56. The maximum atomic E-state index is 12.6. The summed E-state index contributed by atoms with van der Waals surface area (Å²) in [5, 5.41) is 5.19. The number of urea groups is 1. The molecule has 3 rings (SSSR count). The third-order valence-corrected chi connectivity index (χ3v) is 3.77. The normalized spacial score (nSPS) is 10.3. The molecule has 0 saturated carbocycles. The molecular weight excluding hydrogens is 344 g/mol. The fourth-order valence-corrected chi connectivity index (χ4v) is 2.56. The van der Waals surface area contributed by atoms with E-state index in [2.05, 4.69) is 15.6 Å². The molecule has 2 N–H and O–H groups in total. The van der Waals surface area contributed by atoms with Gasteiger partial charge in [-0.2, -0.15) is 0 Å². The van der Waals surface area contributed by atoms with Gasteiger partial charge in [-0.1, -0.05) is 12.1 Å². The van der Waals surface area contributed by atoms with Crippen LogP contribution in [0.1, 0.15) is 12.5 Å². The average molecular weight is 364 g/mol. The lowest BCUT2D eigenvalue weighted by molar-refractivity contribution is 0.262. The highest BCUT2D eigenvalue weighted by Crippen LogP contribution is 2.14. The largest absolute Gasteiger partial charge is 0.494 e. The third kappa shape index (κ3) is 4.52. The molecule has 27 heavy (non-hydrogen) atoms. The molecule has 3 aromatic rings. The second-order valence-electron chi connectivity index (χ2n) is 5.83. The first-order valence-corrected chi connectivity index (χ1v) is 8.52. The minimum Gasteiger partial charge on any atom is -0.494 e. The van der Waals surface area contributed by atoms with Crippen molar-refractivity contribution in [2.45, 2.75) is 13.8 Å². The van der Waals surface area contributed by atoms with Crippen molar-refractivity contribution < 1.29 is 9.53 Å². The van der Waals surface area contributed by atoms with Gasteiger partial charge in [0.05, 0.1) is 6.61 Å². The first-order chi connectivity index (χ1) is 13.1. The Hall–Kier alpha value is -3.61. The van der Waals surface area contributed by atoms with Crippen molar-refractivity contribution in [2.24, 2.45) is 0 Å². The first-order valence-electron chi connectivity index (χ1n) is 8.52. The number of carbonyl (C=O) groups is 1. The summed E-state index contributed by atoms with van der Waals surface area (Å²) in [6.45, 7) is 4.40. The monoisotopic (exact) mass is 364 g/mol. The van der Waals surface area contributed by atoms with E-state index in [1.165, 1.54) is 10.8 Å². The van der Waals surface area contributed by atoms with Crippen molar-refractivity contribution in [1.29, 1.82) is 0 Å². The fraction of sp³-hybridized carbons (Fsp3) is 0.150. The van der Waals surface area contributed by atoms with Crippen LogP contribution >= 0.6 is 0 Å². The minimum absolute atomic E-state index is 0.0588. The molecule has 1 aromatic heterocycles. The molecular formula is C20H20N4O3. The molecule has 2 amide bonds. The maximum absolute atomic E-state index is 12.6. The molecule has 7 nitrogen and oxygen atoms in total. The van der Waals surface area contributed by atoms with E-state index < -0.39 is 11.6 Å². The third-order valence-electron chi connectivity index (χ3n) is 3.77. The second-order valence-corrected chi connectivity index (χ2v) is 5.83. The van der Waals surface area contributed by atoms with Crippen LogP contribution in [0.25, 0.3) is 5.69 Å². The van der Waals surface area contributed by atoms with Gasteiger partial charge in [0.1, 0.15) is 5.75 Å². The Kier molecular flexibility index (Phi) is 5.51. The zero-order chi connectivity index (χ0) is 19.2. The van der Waals surface area contributed by atoms with Gasteiger partial charge in [0.25, 0.3) is 5.56 Å². The van der Waals surface area contributed by atoms with Crippen LogP contribution in [-0.4, -0.2) is 22.2 Å². The molecule has 0 spiro atoms. The van der Waals surface area contributed by atoms with Crippen molar-refractivity contribution in [2.75, 3.05) is 17.2 Å². The molecule has 0 aliphatic carbocycles. The van der Waals surface area contributed by atoms with Crippen molar-refractivity contribution in [3.05, 3.63) is 76.8 Å². The molecule has 0 saturated heterocycles. The number of aromatic nitrogens is 2. The lowest BCUT2D eigenvalue weighted by Gasteiger charge is -2.10. The number of carbonyl (C=O) groups excluding carboxylic acids is 1. The maximum Gasteiger partial charge on any atom is 0.325 e. The first kappa shape index (κ1) is 18.2. The Bertz CT molecular complexity index is 997. The van der Waals surface area contributed by atoms with Gasteiger partial charge < -0.3 is 10.1 Å². The summed E-state index contributed by atoms with van der Waals surface area (Å²) in [7, 11) is 0. The number of benzene rings is 2. The molecule has 0 unspecified atom stereocenters. The van der Waals surface area contributed by atoms with Crippen molar-refractivity contribution >= 4 is 17.5 Å². The number of rotatable bonds is 5. The number of ether oxygens (including phenoxy) is 1. The summed E-state index contributed by atoms with van der Waals surface area (Å²) in [6.07, 6.45) is 3.00. The van der Waals surface area contributed by atoms with Gasteiger partial charge in [-0.25, -0.2) is 9.78 Å². The van der Waals surface area contributed by atoms with E-state index in [1.807, 2.05) is 32.0 Å². The molecule has 0 atom stereocenters. The number of hydrogen-bond acceptors (Lipinski definition) is 4. The standard InChI is InChI=1S/C20H20N4O3/c1-3-27-17-9-7-16(8-10-17)24-12-11-21-18(19(24)25)23-20(26)22-15-6-4-5-14(2)13-15/h4-13H,3H2,1-2H3,(H2,21,22,23,26). The molecule has 0 bridgehead atoms. The summed E-state index contributed by atoms with van der Waals surface area (Å²) in [5.74, 6) is 0.663. The van der Waals surface area contributed by atoms with Crippen LogP contribution in [0.3, 0.4) is 0 Å². The number of nitrogens with one attached hydrogen (secondary N) is 2. The molecule has 7 heteroatoms. The summed E-state index contributed by atoms with van der Waals surface area (Å²) in [6, 6.07) is 13.9. The van der Waals surface area contributed by atoms with Crippen molar-refractivity contribution in [3.63, 3.8) is 0 Å².